The van der Waals surface area contributed by atoms with Gasteiger partial charge in [0, 0.05) is 32.1 Å². The summed E-state index contributed by atoms with van der Waals surface area (Å²) in [6, 6.07) is 7.59. The highest BCUT2D eigenvalue weighted by Crippen LogP contribution is 2.14. The highest BCUT2D eigenvalue weighted by atomic mass is 28.4. The molecule has 20 heavy (non-hydrogen) atoms. The highest BCUT2D eigenvalue weighted by molar-refractivity contribution is 6.75. The molecule has 1 aromatic rings. The first-order valence-corrected chi connectivity index (χ1v) is 8.59. The lowest BCUT2D eigenvalue weighted by atomic mass is 10.3. The SMILES string of the molecule is CCO[Si](OCC)(OCC)c1ccc(OCOC)cc1. The molecule has 0 aliphatic rings. The summed E-state index contributed by atoms with van der Waals surface area (Å²) in [4.78, 5) is 0. The molecule has 0 aromatic heterocycles. The Morgan fingerprint density at radius 1 is 0.850 bits per heavy atom. The fourth-order valence-corrected chi connectivity index (χ4v) is 4.29. The molecule has 1 aromatic carbocycles. The fraction of sp³-hybridized carbons (Fsp3) is 0.571. The second kappa shape index (κ2) is 9.09. The molecule has 0 atom stereocenters. The smallest absolute Gasteiger partial charge is 0.468 e. The van der Waals surface area contributed by atoms with E-state index in [0.29, 0.717) is 19.8 Å². The summed E-state index contributed by atoms with van der Waals surface area (Å²) >= 11 is 0. The van der Waals surface area contributed by atoms with Crippen LogP contribution < -0.4 is 9.92 Å². The molecule has 0 spiro atoms. The minimum atomic E-state index is -2.81. The van der Waals surface area contributed by atoms with E-state index in [1.54, 1.807) is 7.11 Å². The van der Waals surface area contributed by atoms with Gasteiger partial charge in [-0.05, 0) is 32.9 Å². The summed E-state index contributed by atoms with van der Waals surface area (Å²) in [5.74, 6) is 0.739. The number of benzene rings is 1. The van der Waals surface area contributed by atoms with Crippen LogP contribution in [-0.4, -0.2) is 42.5 Å². The van der Waals surface area contributed by atoms with Gasteiger partial charge in [0.15, 0.2) is 6.79 Å². The van der Waals surface area contributed by atoms with Crippen molar-refractivity contribution in [2.75, 3.05) is 33.7 Å². The van der Waals surface area contributed by atoms with Crippen molar-refractivity contribution in [3.8, 4) is 5.75 Å². The van der Waals surface area contributed by atoms with E-state index >= 15 is 0 Å². The molecule has 0 saturated carbocycles. The van der Waals surface area contributed by atoms with E-state index in [9.17, 15) is 0 Å². The lowest BCUT2D eigenvalue weighted by molar-refractivity contribution is 0.0511. The monoisotopic (exact) mass is 300 g/mol. The van der Waals surface area contributed by atoms with Crippen LogP contribution in [0.4, 0.5) is 0 Å². The van der Waals surface area contributed by atoms with Crippen LogP contribution in [0, 0.1) is 0 Å². The molecule has 0 bridgehead atoms. The van der Waals surface area contributed by atoms with Gasteiger partial charge in [-0.2, -0.15) is 0 Å². The minimum Gasteiger partial charge on any atom is -0.468 e. The van der Waals surface area contributed by atoms with Gasteiger partial charge in [0.1, 0.15) is 5.75 Å². The maximum Gasteiger partial charge on any atom is 0.537 e. The Balaban J connectivity index is 2.94. The van der Waals surface area contributed by atoms with E-state index in [-0.39, 0.29) is 6.79 Å². The van der Waals surface area contributed by atoms with Crippen LogP contribution in [0.1, 0.15) is 20.8 Å². The summed E-state index contributed by atoms with van der Waals surface area (Å²) in [5, 5.41) is 0.938. The third kappa shape index (κ3) is 4.57. The second-order valence-electron chi connectivity index (χ2n) is 3.93. The predicted molar refractivity (Wildman–Crippen MR) is 79.2 cm³/mol. The van der Waals surface area contributed by atoms with Crippen molar-refractivity contribution in [1.82, 2.24) is 0 Å². The second-order valence-corrected chi connectivity index (χ2v) is 6.49. The van der Waals surface area contributed by atoms with Crippen LogP contribution in [-0.2, 0) is 18.0 Å². The van der Waals surface area contributed by atoms with Gasteiger partial charge in [0.2, 0.25) is 0 Å². The van der Waals surface area contributed by atoms with Crippen molar-refractivity contribution in [3.05, 3.63) is 24.3 Å². The standard InChI is InChI=1S/C14H24O5Si/c1-5-17-20(18-6-2,19-7-3)14-10-8-13(9-11-14)16-12-15-4/h8-11H,5-7,12H2,1-4H3. The summed E-state index contributed by atoms with van der Waals surface area (Å²) in [6.07, 6.45) is 0. The van der Waals surface area contributed by atoms with Crippen LogP contribution in [0.2, 0.25) is 0 Å². The zero-order valence-corrected chi connectivity index (χ0v) is 13.7. The summed E-state index contributed by atoms with van der Waals surface area (Å²) in [7, 11) is -1.22. The Morgan fingerprint density at radius 3 is 1.75 bits per heavy atom. The van der Waals surface area contributed by atoms with Gasteiger partial charge in [0.25, 0.3) is 0 Å². The normalized spacial score (nSPS) is 11.6. The Bertz CT molecular complexity index is 351. The van der Waals surface area contributed by atoms with Gasteiger partial charge in [-0.25, -0.2) is 0 Å². The van der Waals surface area contributed by atoms with Gasteiger partial charge < -0.3 is 22.8 Å². The molecule has 114 valence electrons. The van der Waals surface area contributed by atoms with Crippen LogP contribution >= 0.6 is 0 Å². The molecule has 0 saturated heterocycles. The first kappa shape index (κ1) is 17.1. The number of ether oxygens (including phenoxy) is 2. The molecule has 6 heteroatoms. The lowest BCUT2D eigenvalue weighted by Gasteiger charge is -2.28. The lowest BCUT2D eigenvalue weighted by Crippen LogP contribution is -2.56. The van der Waals surface area contributed by atoms with E-state index in [4.69, 9.17) is 22.8 Å². The molecule has 0 amide bonds. The third-order valence-corrected chi connectivity index (χ3v) is 5.60. The zero-order valence-electron chi connectivity index (χ0n) is 12.7. The molecular weight excluding hydrogens is 276 g/mol. The summed E-state index contributed by atoms with van der Waals surface area (Å²) < 4.78 is 27.8. The van der Waals surface area contributed by atoms with Crippen molar-refractivity contribution in [1.29, 1.82) is 0 Å². The van der Waals surface area contributed by atoms with E-state index in [0.717, 1.165) is 10.9 Å². The first-order valence-electron chi connectivity index (χ1n) is 6.86. The molecule has 0 N–H and O–H groups in total. The van der Waals surface area contributed by atoms with E-state index < -0.39 is 8.80 Å². The Hall–Kier alpha value is -0.923. The fourth-order valence-electron chi connectivity index (χ4n) is 1.83. The Morgan fingerprint density at radius 2 is 1.35 bits per heavy atom. The Kier molecular flexibility index (Phi) is 7.79. The van der Waals surface area contributed by atoms with Gasteiger partial charge in [0.05, 0.1) is 0 Å². The molecular formula is C14H24O5Si. The minimum absolute atomic E-state index is 0.226. The van der Waals surface area contributed by atoms with E-state index in [1.165, 1.54) is 0 Å². The first-order chi connectivity index (χ1) is 9.72. The summed E-state index contributed by atoms with van der Waals surface area (Å²) in [5.41, 5.74) is 0. The third-order valence-electron chi connectivity index (χ3n) is 2.55. The van der Waals surface area contributed by atoms with Gasteiger partial charge in [-0.1, -0.05) is 12.1 Å². The topological polar surface area (TPSA) is 46.2 Å². The summed E-state index contributed by atoms with van der Waals surface area (Å²) in [6.45, 7) is 7.70. The largest absolute Gasteiger partial charge is 0.537 e. The van der Waals surface area contributed by atoms with Crippen LogP contribution in [0.15, 0.2) is 24.3 Å². The molecule has 0 fully saturated rings. The van der Waals surface area contributed by atoms with Crippen molar-refractivity contribution in [2.24, 2.45) is 0 Å². The Labute approximate surface area is 122 Å². The molecule has 0 aliphatic heterocycles. The number of hydrogen-bond acceptors (Lipinski definition) is 5. The molecule has 0 aliphatic carbocycles. The molecule has 0 unspecified atom stereocenters. The zero-order chi connectivity index (χ0) is 14.8. The molecule has 5 nitrogen and oxygen atoms in total. The maximum absolute atomic E-state index is 5.85. The molecule has 0 radical (unpaired) electrons. The number of methoxy groups -OCH3 is 1. The van der Waals surface area contributed by atoms with Gasteiger partial charge in [-0.3, -0.25) is 0 Å². The number of hydrogen-bond donors (Lipinski definition) is 0. The van der Waals surface area contributed by atoms with E-state index in [2.05, 4.69) is 0 Å². The number of rotatable bonds is 10. The van der Waals surface area contributed by atoms with E-state index in [1.807, 2.05) is 45.0 Å². The average molecular weight is 300 g/mol. The highest BCUT2D eigenvalue weighted by Gasteiger charge is 2.43. The van der Waals surface area contributed by atoms with Gasteiger partial charge >= 0.3 is 8.80 Å². The van der Waals surface area contributed by atoms with Crippen LogP contribution in [0.5, 0.6) is 5.75 Å². The maximum atomic E-state index is 5.85. The van der Waals surface area contributed by atoms with Crippen molar-refractivity contribution in [2.45, 2.75) is 20.8 Å². The van der Waals surface area contributed by atoms with Crippen LogP contribution in [0.3, 0.4) is 0 Å². The van der Waals surface area contributed by atoms with Crippen molar-refractivity contribution in [3.63, 3.8) is 0 Å². The van der Waals surface area contributed by atoms with Crippen molar-refractivity contribution >= 4 is 14.0 Å². The van der Waals surface area contributed by atoms with Gasteiger partial charge in [-0.15, -0.1) is 0 Å². The van der Waals surface area contributed by atoms with Crippen molar-refractivity contribution < 1.29 is 22.8 Å². The molecule has 0 heterocycles. The van der Waals surface area contributed by atoms with Crippen LogP contribution in [0.25, 0.3) is 0 Å². The quantitative estimate of drug-likeness (QED) is 0.488. The predicted octanol–water partition coefficient (Wildman–Crippen LogP) is 1.92. The average Bonchev–Trinajstić information content (AvgIpc) is 2.46. The molecule has 1 rings (SSSR count).